The SMILES string of the molecule is CCN(C/C=C/C#CC(C)(C)C)Cc1cccc(/C=C/c2cccc(-c3cncs3)c2)c1. The smallest absolute Gasteiger partial charge is 0.0797 e. The van der Waals surface area contributed by atoms with Crippen molar-refractivity contribution in [3.63, 3.8) is 0 Å². The molecule has 0 aliphatic carbocycles. The predicted molar refractivity (Wildman–Crippen MR) is 140 cm³/mol. The second-order valence-corrected chi connectivity index (χ2v) is 9.71. The van der Waals surface area contributed by atoms with Crippen LogP contribution in [0.15, 0.2) is 72.4 Å². The van der Waals surface area contributed by atoms with Crippen molar-refractivity contribution in [2.24, 2.45) is 5.41 Å². The standard InChI is InChI=1S/C29H32N2S/c1-5-31(18-8-6-7-17-29(2,3)4)22-26-13-9-11-24(19-26)15-16-25-12-10-14-27(20-25)28-21-30-23-32-28/h6,8-16,19-21,23H,5,18,22H2,1-4H3/b8-6+,16-15+. The lowest BCUT2D eigenvalue weighted by atomic mass is 9.98. The van der Waals surface area contributed by atoms with Gasteiger partial charge in [-0.15, -0.1) is 11.3 Å². The second kappa shape index (κ2) is 11.6. The Bertz CT molecular complexity index is 1110. The zero-order valence-electron chi connectivity index (χ0n) is 19.5. The molecule has 2 aromatic carbocycles. The summed E-state index contributed by atoms with van der Waals surface area (Å²) in [4.78, 5) is 7.79. The number of hydrogen-bond acceptors (Lipinski definition) is 3. The van der Waals surface area contributed by atoms with Crippen LogP contribution in [-0.2, 0) is 6.54 Å². The van der Waals surface area contributed by atoms with E-state index in [0.717, 1.165) is 19.6 Å². The zero-order valence-corrected chi connectivity index (χ0v) is 20.3. The third-order valence-corrected chi connectivity index (χ3v) is 5.71. The van der Waals surface area contributed by atoms with Crippen molar-refractivity contribution >= 4 is 23.5 Å². The lowest BCUT2D eigenvalue weighted by molar-refractivity contribution is 0.311. The predicted octanol–water partition coefficient (Wildman–Crippen LogP) is 7.41. The lowest BCUT2D eigenvalue weighted by Crippen LogP contribution is -2.22. The highest BCUT2D eigenvalue weighted by molar-refractivity contribution is 7.13. The summed E-state index contributed by atoms with van der Waals surface area (Å²) in [6.45, 7) is 11.4. The molecule has 0 atom stereocenters. The molecule has 3 rings (SSSR count). The van der Waals surface area contributed by atoms with E-state index in [0.29, 0.717) is 0 Å². The Hall–Kier alpha value is -2.93. The summed E-state index contributed by atoms with van der Waals surface area (Å²) < 4.78 is 0. The number of allylic oxidation sites excluding steroid dienone is 1. The molecular formula is C29H32N2S. The fourth-order valence-electron chi connectivity index (χ4n) is 3.22. The first-order valence-corrected chi connectivity index (χ1v) is 12.0. The molecule has 0 unspecified atom stereocenters. The Morgan fingerprint density at radius 1 is 1.03 bits per heavy atom. The highest BCUT2D eigenvalue weighted by Crippen LogP contribution is 2.24. The fraction of sp³-hybridized carbons (Fsp3) is 0.276. The Balaban J connectivity index is 1.63. The number of aromatic nitrogens is 1. The van der Waals surface area contributed by atoms with E-state index in [1.54, 1.807) is 11.3 Å². The average molecular weight is 441 g/mol. The summed E-state index contributed by atoms with van der Waals surface area (Å²) in [6, 6.07) is 17.4. The molecular weight excluding hydrogens is 408 g/mol. The van der Waals surface area contributed by atoms with Gasteiger partial charge in [0, 0.05) is 24.7 Å². The van der Waals surface area contributed by atoms with Gasteiger partial charge < -0.3 is 0 Å². The van der Waals surface area contributed by atoms with Gasteiger partial charge in [0.1, 0.15) is 0 Å². The van der Waals surface area contributed by atoms with E-state index in [4.69, 9.17) is 0 Å². The molecule has 0 fully saturated rings. The normalized spacial score (nSPS) is 11.9. The van der Waals surface area contributed by atoms with Crippen molar-refractivity contribution in [2.45, 2.75) is 34.2 Å². The van der Waals surface area contributed by atoms with Gasteiger partial charge in [0.2, 0.25) is 0 Å². The maximum atomic E-state index is 4.19. The summed E-state index contributed by atoms with van der Waals surface area (Å²) in [5.41, 5.74) is 6.86. The topological polar surface area (TPSA) is 16.1 Å². The molecule has 32 heavy (non-hydrogen) atoms. The van der Waals surface area contributed by atoms with Gasteiger partial charge in [0.05, 0.1) is 10.4 Å². The molecule has 0 N–H and O–H groups in total. The molecule has 1 aromatic heterocycles. The molecule has 0 aliphatic rings. The number of benzene rings is 2. The molecule has 0 saturated carbocycles. The number of nitrogens with zero attached hydrogens (tertiary/aromatic N) is 2. The van der Waals surface area contributed by atoms with Crippen LogP contribution in [0.2, 0.25) is 0 Å². The summed E-state index contributed by atoms with van der Waals surface area (Å²) in [7, 11) is 0. The van der Waals surface area contributed by atoms with E-state index in [-0.39, 0.29) is 5.41 Å². The number of hydrogen-bond donors (Lipinski definition) is 0. The van der Waals surface area contributed by atoms with Crippen LogP contribution in [0, 0.1) is 17.3 Å². The lowest BCUT2D eigenvalue weighted by Gasteiger charge is -2.18. The quantitative estimate of drug-likeness (QED) is 0.268. The van der Waals surface area contributed by atoms with Crippen LogP contribution in [0.4, 0.5) is 0 Å². The first-order valence-electron chi connectivity index (χ1n) is 11.1. The molecule has 0 spiro atoms. The molecule has 2 nitrogen and oxygen atoms in total. The molecule has 3 aromatic rings. The van der Waals surface area contributed by atoms with E-state index in [1.165, 1.54) is 27.1 Å². The molecule has 0 radical (unpaired) electrons. The monoisotopic (exact) mass is 440 g/mol. The van der Waals surface area contributed by atoms with Gasteiger partial charge in [-0.3, -0.25) is 9.88 Å². The van der Waals surface area contributed by atoms with Gasteiger partial charge in [-0.05, 0) is 61.7 Å². The maximum Gasteiger partial charge on any atom is 0.0797 e. The van der Waals surface area contributed by atoms with Crippen LogP contribution in [0.3, 0.4) is 0 Å². The van der Waals surface area contributed by atoms with Crippen LogP contribution in [0.1, 0.15) is 44.4 Å². The first kappa shape index (κ1) is 23.7. The third kappa shape index (κ3) is 7.96. The largest absolute Gasteiger partial charge is 0.296 e. The molecule has 1 heterocycles. The van der Waals surface area contributed by atoms with Crippen molar-refractivity contribution in [1.82, 2.24) is 9.88 Å². The van der Waals surface area contributed by atoms with Crippen molar-refractivity contribution in [2.75, 3.05) is 13.1 Å². The maximum absolute atomic E-state index is 4.19. The fourth-order valence-corrected chi connectivity index (χ4v) is 3.84. The zero-order chi connectivity index (χ0) is 22.8. The molecule has 0 saturated heterocycles. The highest BCUT2D eigenvalue weighted by Gasteiger charge is 2.04. The molecule has 164 valence electrons. The van der Waals surface area contributed by atoms with Gasteiger partial charge in [-0.25, -0.2) is 0 Å². The van der Waals surface area contributed by atoms with Crippen LogP contribution < -0.4 is 0 Å². The molecule has 0 aliphatic heterocycles. The Labute approximate surface area is 197 Å². The van der Waals surface area contributed by atoms with E-state index in [1.807, 2.05) is 17.8 Å². The number of rotatable bonds is 8. The minimum Gasteiger partial charge on any atom is -0.296 e. The molecule has 0 amide bonds. The van der Waals surface area contributed by atoms with Crippen molar-refractivity contribution < 1.29 is 0 Å². The van der Waals surface area contributed by atoms with Crippen LogP contribution in [0.25, 0.3) is 22.6 Å². The summed E-state index contributed by atoms with van der Waals surface area (Å²) in [5.74, 6) is 6.40. The Morgan fingerprint density at radius 3 is 2.47 bits per heavy atom. The summed E-state index contributed by atoms with van der Waals surface area (Å²) in [6.07, 6.45) is 10.4. The van der Waals surface area contributed by atoms with E-state index < -0.39 is 0 Å². The summed E-state index contributed by atoms with van der Waals surface area (Å²) in [5, 5.41) is 0. The van der Waals surface area contributed by atoms with Gasteiger partial charge in [-0.2, -0.15) is 0 Å². The third-order valence-electron chi connectivity index (χ3n) is 4.89. The Morgan fingerprint density at radius 2 is 1.78 bits per heavy atom. The summed E-state index contributed by atoms with van der Waals surface area (Å²) >= 11 is 1.67. The molecule has 3 heteroatoms. The highest BCUT2D eigenvalue weighted by atomic mass is 32.1. The minimum absolute atomic E-state index is 0.0468. The van der Waals surface area contributed by atoms with Gasteiger partial charge in [0.25, 0.3) is 0 Å². The molecule has 0 bridgehead atoms. The first-order chi connectivity index (χ1) is 15.4. The minimum atomic E-state index is 0.0468. The number of likely N-dealkylation sites (N-methyl/N-ethyl adjacent to an activating group) is 1. The average Bonchev–Trinajstić information content (AvgIpc) is 3.31. The van der Waals surface area contributed by atoms with Gasteiger partial charge >= 0.3 is 0 Å². The van der Waals surface area contributed by atoms with Crippen LogP contribution in [-0.4, -0.2) is 23.0 Å². The van der Waals surface area contributed by atoms with Gasteiger partial charge in [0.15, 0.2) is 0 Å². The second-order valence-electron chi connectivity index (χ2n) is 8.82. The van der Waals surface area contributed by atoms with E-state index in [9.17, 15) is 0 Å². The van der Waals surface area contributed by atoms with Crippen molar-refractivity contribution in [3.8, 4) is 22.3 Å². The Kier molecular flexibility index (Phi) is 8.62. The number of thiazole rings is 1. The van der Waals surface area contributed by atoms with E-state index >= 15 is 0 Å². The van der Waals surface area contributed by atoms with Crippen LogP contribution in [0.5, 0.6) is 0 Å². The van der Waals surface area contributed by atoms with E-state index in [2.05, 4.69) is 116 Å². The van der Waals surface area contributed by atoms with Crippen molar-refractivity contribution in [3.05, 3.63) is 89.1 Å². The van der Waals surface area contributed by atoms with Crippen molar-refractivity contribution in [1.29, 1.82) is 0 Å². The van der Waals surface area contributed by atoms with Gasteiger partial charge in [-0.1, -0.05) is 79.5 Å². The van der Waals surface area contributed by atoms with Crippen LogP contribution >= 0.6 is 11.3 Å².